The lowest BCUT2D eigenvalue weighted by Crippen LogP contribution is -2.58. The second kappa shape index (κ2) is 7.44. The highest BCUT2D eigenvalue weighted by molar-refractivity contribution is 8.03. The standard InChI is InChI=1S/C17H22N2O4S/c1-2-3-7-23-8-5-12-13-9-14(24-11-4-6-18-10-11)15(17(21)22)19(13)16(12)20/h4,6,10,12-13,18H,2-3,5,7-9H2,1H3,(H,21,22). The summed E-state index contributed by atoms with van der Waals surface area (Å²) in [4.78, 5) is 30.1. The second-order valence-corrected chi connectivity index (χ2v) is 7.23. The lowest BCUT2D eigenvalue weighted by Gasteiger charge is -2.43. The molecule has 2 aliphatic rings. The van der Waals surface area contributed by atoms with Crippen LogP contribution in [-0.2, 0) is 14.3 Å². The van der Waals surface area contributed by atoms with Crippen molar-refractivity contribution in [1.82, 2.24) is 9.88 Å². The average molecular weight is 350 g/mol. The summed E-state index contributed by atoms with van der Waals surface area (Å²) < 4.78 is 5.55. The number of aromatic amines is 1. The van der Waals surface area contributed by atoms with Crippen LogP contribution in [0.2, 0.25) is 0 Å². The van der Waals surface area contributed by atoms with Crippen LogP contribution in [0, 0.1) is 5.92 Å². The number of carbonyl (C=O) groups is 2. The molecular weight excluding hydrogens is 328 g/mol. The van der Waals surface area contributed by atoms with E-state index >= 15 is 0 Å². The predicted molar refractivity (Wildman–Crippen MR) is 90.4 cm³/mol. The Bertz CT molecular complexity index is 641. The van der Waals surface area contributed by atoms with Crippen LogP contribution >= 0.6 is 11.8 Å². The van der Waals surface area contributed by atoms with Crippen molar-refractivity contribution in [3.63, 3.8) is 0 Å². The maximum atomic E-state index is 12.4. The molecule has 1 saturated heterocycles. The molecule has 0 spiro atoms. The number of carbonyl (C=O) groups excluding carboxylic acids is 1. The smallest absolute Gasteiger partial charge is 0.353 e. The highest BCUT2D eigenvalue weighted by atomic mass is 32.2. The second-order valence-electron chi connectivity index (χ2n) is 6.07. The van der Waals surface area contributed by atoms with Crippen LogP contribution in [0.25, 0.3) is 0 Å². The number of rotatable bonds is 9. The van der Waals surface area contributed by atoms with E-state index in [1.54, 1.807) is 6.20 Å². The number of ether oxygens (including phenoxy) is 1. The summed E-state index contributed by atoms with van der Waals surface area (Å²) in [5, 5.41) is 9.51. The number of fused-ring (bicyclic) bond motifs is 1. The van der Waals surface area contributed by atoms with E-state index in [0.717, 1.165) is 29.2 Å². The summed E-state index contributed by atoms with van der Waals surface area (Å²) in [5.74, 6) is -1.23. The molecule has 0 radical (unpaired) electrons. The van der Waals surface area contributed by atoms with Crippen molar-refractivity contribution < 1.29 is 19.4 Å². The van der Waals surface area contributed by atoms with Gasteiger partial charge in [-0.05, 0) is 18.9 Å². The van der Waals surface area contributed by atoms with Crippen molar-refractivity contribution in [3.8, 4) is 0 Å². The number of unbranched alkanes of at least 4 members (excludes halogenated alkanes) is 1. The molecule has 6 nitrogen and oxygen atoms in total. The van der Waals surface area contributed by atoms with Crippen LogP contribution in [0.5, 0.6) is 0 Å². The largest absolute Gasteiger partial charge is 0.477 e. The van der Waals surface area contributed by atoms with Crippen LogP contribution in [0.15, 0.2) is 34.0 Å². The monoisotopic (exact) mass is 350 g/mol. The number of hydrogen-bond donors (Lipinski definition) is 2. The Morgan fingerprint density at radius 1 is 1.50 bits per heavy atom. The number of carboxylic acid groups (broad SMARTS) is 1. The molecule has 1 aromatic heterocycles. The lowest BCUT2D eigenvalue weighted by atomic mass is 9.85. The molecule has 0 aromatic carbocycles. The summed E-state index contributed by atoms with van der Waals surface area (Å²) in [7, 11) is 0. The Hall–Kier alpha value is -1.73. The van der Waals surface area contributed by atoms with E-state index in [2.05, 4.69) is 11.9 Å². The van der Waals surface area contributed by atoms with Crippen molar-refractivity contribution in [1.29, 1.82) is 0 Å². The Morgan fingerprint density at radius 3 is 3.00 bits per heavy atom. The van der Waals surface area contributed by atoms with E-state index in [9.17, 15) is 14.7 Å². The molecule has 7 heteroatoms. The van der Waals surface area contributed by atoms with Crippen molar-refractivity contribution in [3.05, 3.63) is 29.1 Å². The molecule has 3 rings (SSSR count). The van der Waals surface area contributed by atoms with Crippen LogP contribution in [0.1, 0.15) is 32.6 Å². The lowest BCUT2D eigenvalue weighted by molar-refractivity contribution is -0.156. The van der Waals surface area contributed by atoms with Crippen molar-refractivity contribution in [2.24, 2.45) is 5.92 Å². The number of nitrogens with one attached hydrogen (secondary N) is 1. The molecule has 130 valence electrons. The maximum Gasteiger partial charge on any atom is 0.353 e. The van der Waals surface area contributed by atoms with Crippen LogP contribution < -0.4 is 0 Å². The van der Waals surface area contributed by atoms with Crippen LogP contribution in [-0.4, -0.2) is 46.1 Å². The number of hydrogen-bond acceptors (Lipinski definition) is 4. The highest BCUT2D eigenvalue weighted by Crippen LogP contribution is 2.48. The molecule has 2 aliphatic heterocycles. The SMILES string of the molecule is CCCCOCCC1C(=O)N2C(C(=O)O)=C(Sc3cc[nH]c3)CC12. The van der Waals surface area contributed by atoms with Crippen molar-refractivity contribution >= 4 is 23.6 Å². The Morgan fingerprint density at radius 2 is 2.33 bits per heavy atom. The van der Waals surface area contributed by atoms with Gasteiger partial charge >= 0.3 is 5.97 Å². The zero-order chi connectivity index (χ0) is 17.1. The zero-order valence-corrected chi connectivity index (χ0v) is 14.5. The fraction of sp³-hybridized carbons (Fsp3) is 0.529. The van der Waals surface area contributed by atoms with Gasteiger partial charge < -0.3 is 19.7 Å². The first-order valence-corrected chi connectivity index (χ1v) is 9.13. The number of thioether (sulfide) groups is 1. The number of H-pyrrole nitrogens is 1. The number of nitrogens with zero attached hydrogens (tertiary/aromatic N) is 1. The predicted octanol–water partition coefficient (Wildman–Crippen LogP) is 2.84. The molecule has 0 saturated carbocycles. The molecule has 0 aliphatic carbocycles. The van der Waals surface area contributed by atoms with Gasteiger partial charge in [-0.2, -0.15) is 0 Å². The van der Waals surface area contributed by atoms with Crippen molar-refractivity contribution in [2.75, 3.05) is 13.2 Å². The highest BCUT2D eigenvalue weighted by Gasteiger charge is 2.54. The first-order chi connectivity index (χ1) is 11.6. The minimum atomic E-state index is -1.03. The molecule has 3 heterocycles. The van der Waals surface area contributed by atoms with E-state index in [1.807, 2.05) is 12.3 Å². The van der Waals surface area contributed by atoms with Crippen LogP contribution in [0.3, 0.4) is 0 Å². The Kier molecular flexibility index (Phi) is 5.30. The van der Waals surface area contributed by atoms with Gasteiger partial charge in [-0.3, -0.25) is 4.79 Å². The first kappa shape index (κ1) is 17.1. The number of carboxylic acids is 1. The van der Waals surface area contributed by atoms with Gasteiger partial charge in [0.2, 0.25) is 5.91 Å². The van der Waals surface area contributed by atoms with Gasteiger partial charge in [0, 0.05) is 41.8 Å². The number of aromatic nitrogens is 1. The van der Waals surface area contributed by atoms with Crippen LogP contribution in [0.4, 0.5) is 0 Å². The van der Waals surface area contributed by atoms with Gasteiger partial charge in [0.15, 0.2) is 0 Å². The molecule has 24 heavy (non-hydrogen) atoms. The van der Waals surface area contributed by atoms with E-state index in [1.165, 1.54) is 16.7 Å². The van der Waals surface area contributed by atoms with Gasteiger partial charge in [0.25, 0.3) is 0 Å². The van der Waals surface area contributed by atoms with Gasteiger partial charge in [0.1, 0.15) is 5.70 Å². The number of amides is 1. The molecular formula is C17H22N2O4S. The summed E-state index contributed by atoms with van der Waals surface area (Å²) in [6.45, 7) is 3.39. The summed E-state index contributed by atoms with van der Waals surface area (Å²) >= 11 is 1.42. The topological polar surface area (TPSA) is 82.6 Å². The third-order valence-corrected chi connectivity index (χ3v) is 5.57. The summed E-state index contributed by atoms with van der Waals surface area (Å²) in [6, 6.07) is 1.87. The van der Waals surface area contributed by atoms with Gasteiger partial charge in [-0.1, -0.05) is 25.1 Å². The Balaban J connectivity index is 1.62. The number of β-lactam (4-membered cyclic amide) rings is 1. The fourth-order valence-corrected chi connectivity index (χ4v) is 4.32. The first-order valence-electron chi connectivity index (χ1n) is 8.31. The molecule has 1 amide bonds. The van der Waals surface area contributed by atoms with E-state index < -0.39 is 5.97 Å². The quantitative estimate of drug-likeness (QED) is 0.529. The minimum absolute atomic E-state index is 0.0279. The summed E-state index contributed by atoms with van der Waals surface area (Å²) in [5.41, 5.74) is 0.152. The zero-order valence-electron chi connectivity index (χ0n) is 13.7. The third kappa shape index (κ3) is 3.23. The van der Waals surface area contributed by atoms with Gasteiger partial charge in [0.05, 0.1) is 12.0 Å². The number of aliphatic carboxylic acids is 1. The fourth-order valence-electron chi connectivity index (χ4n) is 3.24. The molecule has 2 unspecified atom stereocenters. The van der Waals surface area contributed by atoms with Crippen molar-refractivity contribution in [2.45, 2.75) is 43.5 Å². The van der Waals surface area contributed by atoms with Gasteiger partial charge in [-0.25, -0.2) is 4.79 Å². The normalized spacial score (nSPS) is 22.7. The van der Waals surface area contributed by atoms with E-state index in [4.69, 9.17) is 4.74 Å². The maximum absolute atomic E-state index is 12.4. The summed E-state index contributed by atoms with van der Waals surface area (Å²) in [6.07, 6.45) is 7.02. The Labute approximate surface area is 145 Å². The molecule has 2 atom stereocenters. The molecule has 1 aromatic rings. The third-order valence-electron chi connectivity index (χ3n) is 4.48. The molecule has 0 bridgehead atoms. The van der Waals surface area contributed by atoms with E-state index in [0.29, 0.717) is 19.4 Å². The average Bonchev–Trinajstić information content (AvgIpc) is 3.17. The molecule has 1 fully saturated rings. The van der Waals surface area contributed by atoms with Gasteiger partial charge in [-0.15, -0.1) is 0 Å². The molecule has 2 N–H and O–H groups in total. The minimum Gasteiger partial charge on any atom is -0.477 e. The van der Waals surface area contributed by atoms with E-state index in [-0.39, 0.29) is 23.6 Å².